The van der Waals surface area contributed by atoms with Crippen LogP contribution in [0.25, 0.3) is 0 Å². The lowest BCUT2D eigenvalue weighted by molar-refractivity contribution is -0.117. The van der Waals surface area contributed by atoms with Crippen molar-refractivity contribution in [2.75, 3.05) is 4.90 Å². The lowest BCUT2D eigenvalue weighted by atomic mass is 10.1. The first-order chi connectivity index (χ1) is 15.2. The van der Waals surface area contributed by atoms with Crippen LogP contribution in [0.15, 0.2) is 88.4 Å². The van der Waals surface area contributed by atoms with Crippen LogP contribution in [0.3, 0.4) is 0 Å². The molecule has 1 aliphatic heterocycles. The molecular weight excluding hydrogens is 446 g/mol. The summed E-state index contributed by atoms with van der Waals surface area (Å²) in [6.07, 6.45) is 0.825. The molecular formula is C25H22ClNO4S. The number of aryl methyl sites for hydroxylation is 2. The maximum Gasteiger partial charge on any atom is 0.295 e. The molecule has 1 amide bonds. The first kappa shape index (κ1) is 22.1. The summed E-state index contributed by atoms with van der Waals surface area (Å²) >= 11 is 6.04. The molecule has 7 heteroatoms. The predicted molar refractivity (Wildman–Crippen MR) is 126 cm³/mol. The Bertz CT molecular complexity index is 1300. The van der Waals surface area contributed by atoms with E-state index in [2.05, 4.69) is 0 Å². The molecule has 3 aromatic rings. The van der Waals surface area contributed by atoms with Crippen LogP contribution in [0.4, 0.5) is 5.69 Å². The normalized spacial score (nSPS) is 16.7. The summed E-state index contributed by atoms with van der Waals surface area (Å²) < 4.78 is 27.2. The molecule has 0 saturated heterocycles. The van der Waals surface area contributed by atoms with Gasteiger partial charge in [0.25, 0.3) is 5.91 Å². The molecule has 1 aliphatic rings. The highest BCUT2D eigenvalue weighted by atomic mass is 35.5. The fourth-order valence-corrected chi connectivity index (χ4v) is 5.56. The largest absolute Gasteiger partial charge is 0.502 e. The van der Waals surface area contributed by atoms with Crippen molar-refractivity contribution >= 4 is 33.0 Å². The van der Waals surface area contributed by atoms with Gasteiger partial charge in [0.05, 0.1) is 4.90 Å². The SMILES string of the molecule is CCc1ccc(N2C(=O)C(O)=C(S(=O)(=O)c3ccc(C)cc3)[C@@H]2c2ccc(Cl)cc2)cc1. The van der Waals surface area contributed by atoms with E-state index < -0.39 is 27.5 Å². The van der Waals surface area contributed by atoms with Crippen molar-refractivity contribution in [2.45, 2.75) is 31.2 Å². The lowest BCUT2D eigenvalue weighted by Gasteiger charge is -2.27. The van der Waals surface area contributed by atoms with Crippen LogP contribution in [0.5, 0.6) is 0 Å². The first-order valence-corrected chi connectivity index (χ1v) is 12.0. The maximum absolute atomic E-state index is 13.6. The summed E-state index contributed by atoms with van der Waals surface area (Å²) in [5, 5.41) is 11.3. The monoisotopic (exact) mass is 467 g/mol. The van der Waals surface area contributed by atoms with Gasteiger partial charge in [0.2, 0.25) is 9.84 Å². The Labute approximate surface area is 192 Å². The Morgan fingerprint density at radius 2 is 1.53 bits per heavy atom. The fourth-order valence-electron chi connectivity index (χ4n) is 3.81. The molecule has 164 valence electrons. The molecule has 0 spiro atoms. The summed E-state index contributed by atoms with van der Waals surface area (Å²) in [4.78, 5) is 14.2. The highest BCUT2D eigenvalue weighted by molar-refractivity contribution is 7.95. The topological polar surface area (TPSA) is 74.7 Å². The van der Waals surface area contributed by atoms with Crippen LogP contribution in [0.2, 0.25) is 5.02 Å². The Morgan fingerprint density at radius 3 is 2.09 bits per heavy atom. The van der Waals surface area contributed by atoms with E-state index in [-0.39, 0.29) is 9.80 Å². The van der Waals surface area contributed by atoms with Gasteiger partial charge in [-0.3, -0.25) is 9.69 Å². The molecule has 0 fully saturated rings. The van der Waals surface area contributed by atoms with Gasteiger partial charge < -0.3 is 5.11 Å². The van der Waals surface area contributed by atoms with E-state index in [1.807, 2.05) is 26.0 Å². The van der Waals surface area contributed by atoms with Gasteiger partial charge in [-0.25, -0.2) is 8.42 Å². The molecule has 1 N–H and O–H groups in total. The van der Waals surface area contributed by atoms with Gasteiger partial charge in [0.15, 0.2) is 5.76 Å². The minimum Gasteiger partial charge on any atom is -0.502 e. The molecule has 3 aromatic carbocycles. The van der Waals surface area contributed by atoms with Crippen molar-refractivity contribution in [3.05, 3.63) is 105 Å². The zero-order valence-electron chi connectivity index (χ0n) is 17.6. The number of halogens is 1. The number of amides is 1. The summed E-state index contributed by atoms with van der Waals surface area (Å²) in [5.74, 6) is -1.54. The second-order valence-electron chi connectivity index (χ2n) is 7.68. The van der Waals surface area contributed by atoms with Crippen LogP contribution < -0.4 is 4.90 Å². The third-order valence-electron chi connectivity index (χ3n) is 5.59. The molecule has 5 nitrogen and oxygen atoms in total. The number of nitrogens with zero attached hydrogens (tertiary/aromatic N) is 1. The van der Waals surface area contributed by atoms with E-state index >= 15 is 0 Å². The number of hydrogen-bond acceptors (Lipinski definition) is 4. The molecule has 0 radical (unpaired) electrons. The molecule has 4 rings (SSSR count). The van der Waals surface area contributed by atoms with Crippen molar-refractivity contribution in [1.29, 1.82) is 0 Å². The van der Waals surface area contributed by atoms with Gasteiger partial charge in [-0.15, -0.1) is 0 Å². The highest BCUT2D eigenvalue weighted by Crippen LogP contribution is 2.45. The molecule has 0 unspecified atom stereocenters. The minimum atomic E-state index is -4.16. The van der Waals surface area contributed by atoms with Gasteiger partial charge in [0.1, 0.15) is 10.9 Å². The van der Waals surface area contributed by atoms with Gasteiger partial charge in [-0.2, -0.15) is 0 Å². The Kier molecular flexibility index (Phi) is 5.84. The average Bonchev–Trinajstić information content (AvgIpc) is 3.06. The summed E-state index contributed by atoms with van der Waals surface area (Å²) in [7, 11) is -4.16. The van der Waals surface area contributed by atoms with Crippen molar-refractivity contribution in [1.82, 2.24) is 0 Å². The van der Waals surface area contributed by atoms with E-state index in [9.17, 15) is 18.3 Å². The van der Waals surface area contributed by atoms with Crippen molar-refractivity contribution in [3.8, 4) is 0 Å². The zero-order chi connectivity index (χ0) is 23.0. The van der Waals surface area contributed by atoms with Gasteiger partial charge in [0, 0.05) is 10.7 Å². The summed E-state index contributed by atoms with van der Waals surface area (Å²) in [6, 6.07) is 19.2. The molecule has 32 heavy (non-hydrogen) atoms. The summed E-state index contributed by atoms with van der Waals surface area (Å²) in [6.45, 7) is 3.87. The average molecular weight is 468 g/mol. The Morgan fingerprint density at radius 1 is 0.938 bits per heavy atom. The van der Waals surface area contributed by atoms with Gasteiger partial charge in [-0.05, 0) is 60.9 Å². The van der Waals surface area contributed by atoms with Crippen molar-refractivity contribution in [2.24, 2.45) is 0 Å². The molecule has 0 saturated carbocycles. The van der Waals surface area contributed by atoms with Crippen LogP contribution in [0.1, 0.15) is 29.7 Å². The smallest absolute Gasteiger partial charge is 0.295 e. The zero-order valence-corrected chi connectivity index (χ0v) is 19.2. The van der Waals surface area contributed by atoms with Crippen molar-refractivity contribution in [3.63, 3.8) is 0 Å². The lowest BCUT2D eigenvalue weighted by Crippen LogP contribution is -2.31. The Balaban J connectivity index is 1.91. The first-order valence-electron chi connectivity index (χ1n) is 10.2. The maximum atomic E-state index is 13.6. The van der Waals surface area contributed by atoms with Crippen LogP contribution in [0, 0.1) is 6.92 Å². The number of sulfone groups is 1. The van der Waals surface area contributed by atoms with Crippen LogP contribution in [-0.4, -0.2) is 19.4 Å². The van der Waals surface area contributed by atoms with E-state index in [1.54, 1.807) is 48.5 Å². The number of rotatable bonds is 5. The van der Waals surface area contributed by atoms with Gasteiger partial charge >= 0.3 is 0 Å². The number of anilines is 1. The molecule has 0 aromatic heterocycles. The van der Waals surface area contributed by atoms with E-state index in [0.717, 1.165) is 17.5 Å². The number of aliphatic hydroxyl groups is 1. The minimum absolute atomic E-state index is 0.0135. The summed E-state index contributed by atoms with van der Waals surface area (Å²) in [5.41, 5.74) is 2.99. The van der Waals surface area contributed by atoms with Crippen molar-refractivity contribution < 1.29 is 18.3 Å². The molecule has 0 aliphatic carbocycles. The third kappa shape index (κ3) is 3.80. The number of carbonyl (C=O) groups is 1. The van der Waals surface area contributed by atoms with E-state index in [4.69, 9.17) is 11.6 Å². The second-order valence-corrected chi connectivity index (χ2v) is 10.0. The Hall–Kier alpha value is -3.09. The third-order valence-corrected chi connectivity index (χ3v) is 7.73. The van der Waals surface area contributed by atoms with Crippen LogP contribution in [-0.2, 0) is 21.1 Å². The van der Waals surface area contributed by atoms with E-state index in [0.29, 0.717) is 16.3 Å². The van der Waals surface area contributed by atoms with Gasteiger partial charge in [-0.1, -0.05) is 60.5 Å². The standard InChI is InChI=1S/C25H22ClNO4S/c1-3-17-6-12-20(13-7-17)27-22(18-8-10-19(26)11-9-18)24(23(28)25(27)29)32(30,31)21-14-4-16(2)5-15-21/h4-15,22,28H,3H2,1-2H3/t22-/m0/s1. The van der Waals surface area contributed by atoms with E-state index in [1.165, 1.54) is 17.0 Å². The van der Waals surface area contributed by atoms with Crippen LogP contribution >= 0.6 is 11.6 Å². The number of carbonyl (C=O) groups excluding carboxylic acids is 1. The molecule has 1 heterocycles. The second kappa shape index (κ2) is 8.45. The predicted octanol–water partition coefficient (Wildman–Crippen LogP) is 5.54. The number of hydrogen-bond donors (Lipinski definition) is 1. The fraction of sp³-hybridized carbons (Fsp3) is 0.160. The number of benzene rings is 3. The highest BCUT2D eigenvalue weighted by Gasteiger charge is 2.47. The quantitative estimate of drug-likeness (QED) is 0.534. The molecule has 0 bridgehead atoms. The molecule has 1 atom stereocenters. The number of aliphatic hydroxyl groups excluding tert-OH is 1.